The molecule has 0 aliphatic heterocycles. The van der Waals surface area contributed by atoms with E-state index in [-0.39, 0.29) is 11.5 Å². The third kappa shape index (κ3) is 2.98. The maximum Gasteiger partial charge on any atom is 0.159 e. The second-order valence-corrected chi connectivity index (χ2v) is 7.64. The number of nitrogens with zero attached hydrogens (tertiary/aromatic N) is 2. The summed E-state index contributed by atoms with van der Waals surface area (Å²) in [5, 5.41) is 0.658. The zero-order valence-electron chi connectivity index (χ0n) is 12.0. The van der Waals surface area contributed by atoms with Crippen LogP contribution in [-0.4, -0.2) is 9.97 Å². The Bertz CT molecular complexity index is 700. The van der Waals surface area contributed by atoms with Crippen LogP contribution in [-0.2, 0) is 6.42 Å². The number of nitrogens with two attached hydrogens (primary N) is 1. The van der Waals surface area contributed by atoms with E-state index in [4.69, 9.17) is 22.3 Å². The molecule has 1 aromatic heterocycles. The van der Waals surface area contributed by atoms with E-state index in [9.17, 15) is 0 Å². The lowest BCUT2D eigenvalue weighted by molar-refractivity contribution is 0.278. The van der Waals surface area contributed by atoms with Gasteiger partial charge in [-0.15, -0.1) is 0 Å². The molecule has 5 heteroatoms. The van der Waals surface area contributed by atoms with Crippen LogP contribution in [0.15, 0.2) is 28.9 Å². The van der Waals surface area contributed by atoms with Crippen LogP contribution in [0, 0.1) is 5.41 Å². The second kappa shape index (κ2) is 5.34. The molecule has 1 aromatic carbocycles. The normalized spacial score (nSPS) is 20.1. The van der Waals surface area contributed by atoms with Crippen molar-refractivity contribution < 1.29 is 0 Å². The summed E-state index contributed by atoms with van der Waals surface area (Å²) >= 11 is 9.55. The fourth-order valence-electron chi connectivity index (χ4n) is 2.88. The van der Waals surface area contributed by atoms with Gasteiger partial charge >= 0.3 is 0 Å². The van der Waals surface area contributed by atoms with Crippen LogP contribution in [0.25, 0.3) is 11.4 Å². The van der Waals surface area contributed by atoms with Crippen molar-refractivity contribution in [1.29, 1.82) is 0 Å². The SMILES string of the molecule is CC1(C)Cc2nc(-c3ccc(Br)c(Cl)c3)ncc2C(N)C1. The summed E-state index contributed by atoms with van der Waals surface area (Å²) in [5.41, 5.74) is 9.47. The van der Waals surface area contributed by atoms with Crippen LogP contribution in [0.2, 0.25) is 5.02 Å². The minimum absolute atomic E-state index is 0.0197. The average Bonchev–Trinajstić information content (AvgIpc) is 2.40. The molecule has 110 valence electrons. The Labute approximate surface area is 138 Å². The van der Waals surface area contributed by atoms with Crippen molar-refractivity contribution in [1.82, 2.24) is 9.97 Å². The van der Waals surface area contributed by atoms with Gasteiger partial charge in [0.25, 0.3) is 0 Å². The van der Waals surface area contributed by atoms with Gasteiger partial charge in [0.1, 0.15) is 0 Å². The molecule has 0 radical (unpaired) electrons. The van der Waals surface area contributed by atoms with Crippen molar-refractivity contribution in [2.24, 2.45) is 11.1 Å². The molecule has 3 nitrogen and oxygen atoms in total. The Balaban J connectivity index is 2.05. The van der Waals surface area contributed by atoms with Crippen LogP contribution < -0.4 is 5.73 Å². The summed E-state index contributed by atoms with van der Waals surface area (Å²) in [6.45, 7) is 4.46. The molecule has 0 bridgehead atoms. The highest BCUT2D eigenvalue weighted by atomic mass is 79.9. The summed E-state index contributed by atoms with van der Waals surface area (Å²) in [5.74, 6) is 0.702. The first-order valence-electron chi connectivity index (χ1n) is 6.92. The van der Waals surface area contributed by atoms with Crippen molar-refractivity contribution in [3.63, 3.8) is 0 Å². The van der Waals surface area contributed by atoms with Crippen LogP contribution in [0.4, 0.5) is 0 Å². The number of halogens is 2. The number of fused-ring (bicyclic) bond motifs is 1. The number of benzene rings is 1. The highest BCUT2D eigenvalue weighted by Crippen LogP contribution is 2.39. The van der Waals surface area contributed by atoms with Crippen molar-refractivity contribution in [3.8, 4) is 11.4 Å². The van der Waals surface area contributed by atoms with E-state index in [1.165, 1.54) is 0 Å². The number of hydrogen-bond donors (Lipinski definition) is 1. The summed E-state index contributed by atoms with van der Waals surface area (Å²) in [6, 6.07) is 5.77. The van der Waals surface area contributed by atoms with Crippen LogP contribution in [0.1, 0.15) is 37.6 Å². The van der Waals surface area contributed by atoms with E-state index < -0.39 is 0 Å². The molecule has 21 heavy (non-hydrogen) atoms. The maximum atomic E-state index is 6.25. The fraction of sp³-hybridized carbons (Fsp3) is 0.375. The Morgan fingerprint density at radius 1 is 1.38 bits per heavy atom. The molecule has 1 atom stereocenters. The molecule has 1 aliphatic carbocycles. The highest BCUT2D eigenvalue weighted by Gasteiger charge is 2.31. The van der Waals surface area contributed by atoms with Gasteiger partial charge in [0.15, 0.2) is 5.82 Å². The van der Waals surface area contributed by atoms with Gasteiger partial charge in [0.05, 0.1) is 5.02 Å². The molecule has 1 aliphatic rings. The quantitative estimate of drug-likeness (QED) is 0.806. The van der Waals surface area contributed by atoms with Crippen LogP contribution in [0.5, 0.6) is 0 Å². The number of aromatic nitrogens is 2. The predicted molar refractivity (Wildman–Crippen MR) is 89.2 cm³/mol. The molecule has 1 unspecified atom stereocenters. The van der Waals surface area contributed by atoms with E-state index in [2.05, 4.69) is 34.8 Å². The Hall–Kier alpha value is -0.970. The van der Waals surface area contributed by atoms with Gasteiger partial charge in [-0.25, -0.2) is 9.97 Å². The van der Waals surface area contributed by atoms with Gasteiger partial charge in [-0.05, 0) is 52.4 Å². The molecule has 2 aromatic rings. The minimum atomic E-state index is 0.0197. The Morgan fingerprint density at radius 3 is 2.86 bits per heavy atom. The number of hydrogen-bond acceptors (Lipinski definition) is 3. The first-order valence-corrected chi connectivity index (χ1v) is 8.10. The summed E-state index contributed by atoms with van der Waals surface area (Å²) in [7, 11) is 0. The predicted octanol–water partition coefficient (Wildman–Crippen LogP) is 4.53. The number of rotatable bonds is 1. The van der Waals surface area contributed by atoms with Crippen LogP contribution >= 0.6 is 27.5 Å². The van der Waals surface area contributed by atoms with E-state index in [1.807, 2.05) is 24.4 Å². The Kier molecular flexibility index (Phi) is 3.80. The molecule has 0 saturated carbocycles. The van der Waals surface area contributed by atoms with E-state index >= 15 is 0 Å². The zero-order chi connectivity index (χ0) is 15.2. The van der Waals surface area contributed by atoms with E-state index in [1.54, 1.807) is 0 Å². The largest absolute Gasteiger partial charge is 0.324 e. The molecular weight excluding hydrogens is 350 g/mol. The molecule has 0 spiro atoms. The van der Waals surface area contributed by atoms with E-state index in [0.29, 0.717) is 10.8 Å². The van der Waals surface area contributed by atoms with Crippen LogP contribution in [0.3, 0.4) is 0 Å². The monoisotopic (exact) mass is 365 g/mol. The van der Waals surface area contributed by atoms with Crippen molar-refractivity contribution in [2.75, 3.05) is 0 Å². The third-order valence-electron chi connectivity index (χ3n) is 3.90. The molecule has 2 N–H and O–H groups in total. The van der Waals surface area contributed by atoms with Gasteiger partial charge in [0.2, 0.25) is 0 Å². The van der Waals surface area contributed by atoms with Crippen molar-refractivity contribution >= 4 is 27.5 Å². The summed E-state index contributed by atoms with van der Waals surface area (Å²) in [6.07, 6.45) is 3.76. The minimum Gasteiger partial charge on any atom is -0.324 e. The Morgan fingerprint density at radius 2 is 2.14 bits per heavy atom. The van der Waals surface area contributed by atoms with Gasteiger partial charge in [-0.3, -0.25) is 0 Å². The molecule has 3 rings (SSSR count). The lowest BCUT2D eigenvalue weighted by atomic mass is 9.74. The fourth-order valence-corrected chi connectivity index (χ4v) is 3.31. The zero-order valence-corrected chi connectivity index (χ0v) is 14.4. The summed E-state index contributed by atoms with van der Waals surface area (Å²) in [4.78, 5) is 9.20. The highest BCUT2D eigenvalue weighted by molar-refractivity contribution is 9.10. The topological polar surface area (TPSA) is 51.8 Å². The maximum absolute atomic E-state index is 6.25. The van der Waals surface area contributed by atoms with Gasteiger partial charge < -0.3 is 5.73 Å². The second-order valence-electron chi connectivity index (χ2n) is 6.38. The van der Waals surface area contributed by atoms with Gasteiger partial charge in [-0.1, -0.05) is 25.4 Å². The average molecular weight is 367 g/mol. The molecule has 0 amide bonds. The van der Waals surface area contributed by atoms with Crippen molar-refractivity contribution in [3.05, 3.63) is 45.1 Å². The first-order chi connectivity index (χ1) is 9.85. The lowest BCUT2D eigenvalue weighted by Crippen LogP contribution is -2.30. The molecule has 0 fully saturated rings. The smallest absolute Gasteiger partial charge is 0.159 e. The van der Waals surface area contributed by atoms with Crippen molar-refractivity contribution in [2.45, 2.75) is 32.7 Å². The van der Waals surface area contributed by atoms with E-state index in [0.717, 1.165) is 34.1 Å². The molecule has 0 saturated heterocycles. The summed E-state index contributed by atoms with van der Waals surface area (Å²) < 4.78 is 0.869. The molecule has 1 heterocycles. The standard InChI is InChI=1S/C16H17BrClN3/c1-16(2)6-13(19)10-8-20-15(21-14(10)7-16)9-3-4-11(17)12(18)5-9/h3-5,8,13H,6-7,19H2,1-2H3. The molecular formula is C16H17BrClN3. The third-order valence-corrected chi connectivity index (χ3v) is 5.13. The lowest BCUT2D eigenvalue weighted by Gasteiger charge is -2.34. The van der Waals surface area contributed by atoms with Gasteiger partial charge in [-0.2, -0.15) is 0 Å². The first kappa shape index (κ1) is 14.9. The van der Waals surface area contributed by atoms with Gasteiger partial charge in [0, 0.05) is 33.5 Å².